The molecule has 1 aliphatic rings. The van der Waals surface area contributed by atoms with E-state index < -0.39 is 24.1 Å². The molecular formula is C22H28ClF2N7O. The molecule has 1 fully saturated rings. The summed E-state index contributed by atoms with van der Waals surface area (Å²) in [6, 6.07) is 4.60. The number of benzene rings is 1. The normalized spacial score (nSPS) is 16.9. The number of aromatic amines is 1. The maximum absolute atomic E-state index is 14.5. The van der Waals surface area contributed by atoms with Crippen LogP contribution in [0.3, 0.4) is 0 Å². The Kier molecular flexibility index (Phi) is 7.26. The highest BCUT2D eigenvalue weighted by Crippen LogP contribution is 2.25. The van der Waals surface area contributed by atoms with Crippen molar-refractivity contribution in [2.75, 3.05) is 25.0 Å². The summed E-state index contributed by atoms with van der Waals surface area (Å²) in [7, 11) is 0. The zero-order valence-corrected chi connectivity index (χ0v) is 19.2. The second-order valence-corrected chi connectivity index (χ2v) is 8.80. The minimum absolute atomic E-state index is 0.0645. The van der Waals surface area contributed by atoms with Crippen molar-refractivity contribution in [3.8, 4) is 0 Å². The molecule has 1 saturated heterocycles. The topological polar surface area (TPSA) is 99.7 Å². The molecule has 1 unspecified atom stereocenters. The molecule has 1 atom stereocenters. The molecule has 178 valence electrons. The Morgan fingerprint density at radius 2 is 2.18 bits per heavy atom. The minimum atomic E-state index is -2.97. The average Bonchev–Trinajstić information content (AvgIpc) is 3.20. The predicted molar refractivity (Wildman–Crippen MR) is 125 cm³/mol. The molecule has 0 amide bonds. The van der Waals surface area contributed by atoms with Gasteiger partial charge in [-0.15, -0.1) is 0 Å². The van der Waals surface area contributed by atoms with Gasteiger partial charge in [-0.2, -0.15) is 5.10 Å². The summed E-state index contributed by atoms with van der Waals surface area (Å²) in [5, 5.41) is 17.5. The van der Waals surface area contributed by atoms with E-state index in [1.54, 1.807) is 13.0 Å². The standard InChI is InChI=1S/C22H28ClF2N7O/c1-14-11-28-20(29-13-22(24,25)19-4-2-3-7-27-19)21(33)32(14)9-8-26-12-18-16-10-15(23)5-6-17(16)30-31-18/h5-6,10-11,19,26-27H,2-4,7-9,12-13H2,1H3,(H,28,29)(H,30,31). The fourth-order valence-electron chi connectivity index (χ4n) is 4.08. The lowest BCUT2D eigenvalue weighted by Gasteiger charge is -2.31. The first kappa shape index (κ1) is 23.6. The third kappa shape index (κ3) is 5.51. The van der Waals surface area contributed by atoms with Gasteiger partial charge in [-0.3, -0.25) is 9.89 Å². The van der Waals surface area contributed by atoms with Crippen molar-refractivity contribution < 1.29 is 8.78 Å². The van der Waals surface area contributed by atoms with Crippen LogP contribution in [0.5, 0.6) is 0 Å². The van der Waals surface area contributed by atoms with E-state index in [9.17, 15) is 13.6 Å². The number of nitrogens with one attached hydrogen (secondary N) is 4. The van der Waals surface area contributed by atoms with Crippen molar-refractivity contribution in [1.29, 1.82) is 0 Å². The number of nitrogens with zero attached hydrogens (tertiary/aromatic N) is 3. The van der Waals surface area contributed by atoms with Gasteiger partial charge in [-0.1, -0.05) is 18.0 Å². The molecule has 1 aliphatic heterocycles. The maximum atomic E-state index is 14.5. The summed E-state index contributed by atoms with van der Waals surface area (Å²) in [6.45, 7) is 3.10. The van der Waals surface area contributed by atoms with Crippen molar-refractivity contribution in [3.05, 3.63) is 51.2 Å². The fraction of sp³-hybridized carbons (Fsp3) is 0.500. The lowest BCUT2D eigenvalue weighted by atomic mass is 9.99. The van der Waals surface area contributed by atoms with E-state index in [1.807, 2.05) is 12.1 Å². The van der Waals surface area contributed by atoms with Gasteiger partial charge < -0.3 is 20.5 Å². The zero-order chi connectivity index (χ0) is 23.4. The summed E-state index contributed by atoms with van der Waals surface area (Å²) in [4.78, 5) is 16.9. The Hall–Kier alpha value is -2.56. The number of H-pyrrole nitrogens is 1. The molecule has 4 N–H and O–H groups in total. The predicted octanol–water partition coefficient (Wildman–Crippen LogP) is 3.06. The average molecular weight is 480 g/mol. The van der Waals surface area contributed by atoms with Crippen molar-refractivity contribution >= 4 is 28.3 Å². The van der Waals surface area contributed by atoms with Crippen LogP contribution >= 0.6 is 11.6 Å². The molecule has 4 rings (SSSR count). The van der Waals surface area contributed by atoms with Crippen LogP contribution in [-0.4, -0.2) is 51.3 Å². The van der Waals surface area contributed by atoms with Crippen LogP contribution < -0.4 is 21.5 Å². The molecule has 3 aromatic rings. The van der Waals surface area contributed by atoms with E-state index in [1.165, 1.54) is 10.8 Å². The zero-order valence-electron chi connectivity index (χ0n) is 18.4. The number of hydrogen-bond acceptors (Lipinski definition) is 6. The molecule has 0 bridgehead atoms. The first-order valence-electron chi connectivity index (χ1n) is 11.1. The number of halogens is 3. The summed E-state index contributed by atoms with van der Waals surface area (Å²) in [5.41, 5.74) is 1.97. The Bertz CT molecular complexity index is 1160. The van der Waals surface area contributed by atoms with Crippen LogP contribution in [0.2, 0.25) is 5.02 Å². The van der Waals surface area contributed by atoms with Crippen LogP contribution in [0.4, 0.5) is 14.6 Å². The van der Waals surface area contributed by atoms with E-state index in [4.69, 9.17) is 11.6 Å². The van der Waals surface area contributed by atoms with Gasteiger partial charge in [0, 0.05) is 41.9 Å². The van der Waals surface area contributed by atoms with Gasteiger partial charge >= 0.3 is 0 Å². The van der Waals surface area contributed by atoms with Crippen molar-refractivity contribution in [2.24, 2.45) is 0 Å². The summed E-state index contributed by atoms with van der Waals surface area (Å²) < 4.78 is 30.6. The number of fused-ring (bicyclic) bond motifs is 1. The van der Waals surface area contributed by atoms with Crippen molar-refractivity contribution in [2.45, 2.75) is 51.2 Å². The molecule has 1 aromatic carbocycles. The molecule has 3 heterocycles. The van der Waals surface area contributed by atoms with Gasteiger partial charge in [0.25, 0.3) is 11.5 Å². The molecular weight excluding hydrogens is 452 g/mol. The van der Waals surface area contributed by atoms with Crippen LogP contribution in [0.15, 0.2) is 29.2 Å². The van der Waals surface area contributed by atoms with Crippen molar-refractivity contribution in [1.82, 2.24) is 30.4 Å². The van der Waals surface area contributed by atoms with E-state index in [0.717, 1.165) is 29.4 Å². The first-order chi connectivity index (χ1) is 15.8. The molecule has 33 heavy (non-hydrogen) atoms. The quantitative estimate of drug-likeness (QED) is 0.352. The van der Waals surface area contributed by atoms with Gasteiger partial charge in [-0.05, 0) is 44.5 Å². The largest absolute Gasteiger partial charge is 0.359 e. The molecule has 8 nitrogen and oxygen atoms in total. The third-order valence-corrected chi connectivity index (χ3v) is 6.21. The molecule has 0 saturated carbocycles. The Labute approximate surface area is 195 Å². The minimum Gasteiger partial charge on any atom is -0.359 e. The van der Waals surface area contributed by atoms with Crippen LogP contribution in [0.25, 0.3) is 10.9 Å². The summed E-state index contributed by atoms with van der Waals surface area (Å²) >= 11 is 6.07. The summed E-state index contributed by atoms with van der Waals surface area (Å²) in [5.74, 6) is -3.04. The van der Waals surface area contributed by atoms with Gasteiger partial charge in [0.15, 0.2) is 5.82 Å². The third-order valence-electron chi connectivity index (χ3n) is 5.97. The van der Waals surface area contributed by atoms with E-state index >= 15 is 0 Å². The Balaban J connectivity index is 1.35. The highest BCUT2D eigenvalue weighted by atomic mass is 35.5. The molecule has 11 heteroatoms. The molecule has 0 radical (unpaired) electrons. The number of alkyl halides is 2. The van der Waals surface area contributed by atoms with Crippen molar-refractivity contribution in [3.63, 3.8) is 0 Å². The maximum Gasteiger partial charge on any atom is 0.293 e. The fourth-order valence-corrected chi connectivity index (χ4v) is 4.25. The second-order valence-electron chi connectivity index (χ2n) is 8.36. The SMILES string of the molecule is Cc1cnc(NCC(F)(F)C2CCCCN2)c(=O)n1CCNCc1[nH]nc2ccc(Cl)cc12. The number of hydrogen-bond donors (Lipinski definition) is 4. The number of rotatable bonds is 9. The molecule has 0 aliphatic carbocycles. The summed E-state index contributed by atoms with van der Waals surface area (Å²) in [6.07, 6.45) is 3.62. The number of piperidine rings is 1. The number of aromatic nitrogens is 4. The highest BCUT2D eigenvalue weighted by molar-refractivity contribution is 6.31. The highest BCUT2D eigenvalue weighted by Gasteiger charge is 2.40. The molecule has 0 spiro atoms. The van der Waals surface area contributed by atoms with Gasteiger partial charge in [0.1, 0.15) is 0 Å². The number of anilines is 1. The number of aryl methyl sites for hydroxylation is 1. The van der Waals surface area contributed by atoms with Crippen LogP contribution in [0.1, 0.15) is 30.7 Å². The van der Waals surface area contributed by atoms with Gasteiger partial charge in [0.05, 0.1) is 23.8 Å². The van der Waals surface area contributed by atoms with E-state index in [2.05, 4.69) is 31.1 Å². The lowest BCUT2D eigenvalue weighted by molar-refractivity contribution is -0.0319. The molecule has 2 aromatic heterocycles. The smallest absolute Gasteiger partial charge is 0.293 e. The van der Waals surface area contributed by atoms with Gasteiger partial charge in [-0.25, -0.2) is 13.8 Å². The van der Waals surface area contributed by atoms with E-state index in [0.29, 0.717) is 43.3 Å². The second kappa shape index (κ2) is 10.1. The lowest BCUT2D eigenvalue weighted by Crippen LogP contribution is -2.51. The van der Waals surface area contributed by atoms with E-state index in [-0.39, 0.29) is 5.82 Å². The monoisotopic (exact) mass is 479 g/mol. The van der Waals surface area contributed by atoms with Crippen LogP contribution in [-0.2, 0) is 13.1 Å². The first-order valence-corrected chi connectivity index (χ1v) is 11.5. The Morgan fingerprint density at radius 3 is 2.97 bits per heavy atom. The van der Waals surface area contributed by atoms with Gasteiger partial charge in [0.2, 0.25) is 0 Å². The van der Waals surface area contributed by atoms with Crippen LogP contribution in [0, 0.1) is 6.92 Å². The Morgan fingerprint density at radius 1 is 1.33 bits per heavy atom.